The highest BCUT2D eigenvalue weighted by Crippen LogP contribution is 2.44. The molecule has 5 nitrogen and oxygen atoms in total. The van der Waals surface area contributed by atoms with Crippen LogP contribution in [0.3, 0.4) is 0 Å². The minimum absolute atomic E-state index is 0.124. The first-order chi connectivity index (χ1) is 7.50. The van der Waals surface area contributed by atoms with Gasteiger partial charge in [-0.15, -0.1) is 0 Å². The van der Waals surface area contributed by atoms with Crippen molar-refractivity contribution in [3.05, 3.63) is 0 Å². The van der Waals surface area contributed by atoms with Gasteiger partial charge < -0.3 is 10.6 Å². The Bertz CT molecular complexity index is 327. The van der Waals surface area contributed by atoms with E-state index < -0.39 is 5.41 Å². The normalized spacial score (nSPS) is 27.4. The number of carbonyl (C=O) groups is 2. The maximum absolute atomic E-state index is 11.7. The lowest BCUT2D eigenvalue weighted by Gasteiger charge is -2.39. The number of rotatable bonds is 4. The first-order valence-electron chi connectivity index (χ1n) is 5.44. The lowest BCUT2D eigenvalue weighted by Crippen LogP contribution is -2.49. The van der Waals surface area contributed by atoms with E-state index in [1.54, 1.807) is 0 Å². The van der Waals surface area contributed by atoms with E-state index in [0.29, 0.717) is 31.8 Å². The average molecular weight is 223 g/mol. The van der Waals surface area contributed by atoms with Crippen molar-refractivity contribution in [2.24, 2.45) is 11.3 Å². The van der Waals surface area contributed by atoms with Gasteiger partial charge in [0.2, 0.25) is 11.8 Å². The molecule has 0 atom stereocenters. The molecular weight excluding hydrogens is 206 g/mol. The zero-order valence-electron chi connectivity index (χ0n) is 9.67. The Morgan fingerprint density at radius 2 is 1.94 bits per heavy atom. The molecule has 16 heavy (non-hydrogen) atoms. The van der Waals surface area contributed by atoms with Gasteiger partial charge in [0.1, 0.15) is 5.41 Å². The Hall–Kier alpha value is -1.57. The zero-order valence-corrected chi connectivity index (χ0v) is 9.67. The number of nitrogens with zero attached hydrogens (tertiary/aromatic N) is 1. The number of nitrogens with one attached hydrogen (secondary N) is 2. The molecule has 2 N–H and O–H groups in total. The molecule has 0 radical (unpaired) electrons. The molecule has 0 saturated heterocycles. The van der Waals surface area contributed by atoms with Crippen LogP contribution in [0.4, 0.5) is 0 Å². The minimum Gasteiger partial charge on any atom is -0.355 e. The average Bonchev–Trinajstić information content (AvgIpc) is 2.18. The third-order valence-corrected chi connectivity index (χ3v) is 2.83. The third-order valence-electron chi connectivity index (χ3n) is 2.83. The van der Waals surface area contributed by atoms with E-state index in [-0.39, 0.29) is 11.8 Å². The number of amides is 2. The Kier molecular flexibility index (Phi) is 3.88. The van der Waals surface area contributed by atoms with Gasteiger partial charge in [0.25, 0.3) is 0 Å². The van der Waals surface area contributed by atoms with Crippen molar-refractivity contribution in [1.29, 1.82) is 5.26 Å². The van der Waals surface area contributed by atoms with Crippen LogP contribution >= 0.6 is 0 Å². The van der Waals surface area contributed by atoms with Crippen molar-refractivity contribution < 1.29 is 9.59 Å². The summed E-state index contributed by atoms with van der Waals surface area (Å²) in [6.45, 7) is 4.22. The summed E-state index contributed by atoms with van der Waals surface area (Å²) in [4.78, 5) is 22.3. The number of carbonyl (C=O) groups excluding carboxylic acids is 2. The Balaban J connectivity index is 2.30. The van der Waals surface area contributed by atoms with Gasteiger partial charge in [0, 0.05) is 20.0 Å². The van der Waals surface area contributed by atoms with Crippen LogP contribution in [-0.2, 0) is 9.59 Å². The molecule has 1 saturated carbocycles. The summed E-state index contributed by atoms with van der Waals surface area (Å²) < 4.78 is 0. The zero-order chi connectivity index (χ0) is 12.2. The Labute approximate surface area is 95.2 Å². The maximum Gasteiger partial charge on any atom is 0.240 e. The molecule has 0 bridgehead atoms. The molecule has 0 aromatic rings. The second-order valence-corrected chi connectivity index (χ2v) is 4.45. The summed E-state index contributed by atoms with van der Waals surface area (Å²) in [7, 11) is 0. The van der Waals surface area contributed by atoms with E-state index in [9.17, 15) is 9.59 Å². The van der Waals surface area contributed by atoms with Crippen LogP contribution in [0.1, 0.15) is 26.7 Å². The summed E-state index contributed by atoms with van der Waals surface area (Å²) in [5.74, 6) is 0.112. The van der Waals surface area contributed by atoms with E-state index in [1.807, 2.05) is 6.92 Å². The number of nitriles is 1. The molecule has 0 heterocycles. The highest BCUT2D eigenvalue weighted by Gasteiger charge is 2.48. The molecule has 1 fully saturated rings. The standard InChI is InChI=1S/C11H17N3O2/c1-8-5-11(6-8,7-12)10(16)14-4-3-13-9(2)15/h8H,3-6H2,1-2H3,(H,13,15)(H,14,16). The van der Waals surface area contributed by atoms with Crippen molar-refractivity contribution >= 4 is 11.8 Å². The maximum atomic E-state index is 11.7. The molecule has 2 amide bonds. The van der Waals surface area contributed by atoms with E-state index in [2.05, 4.69) is 16.7 Å². The third kappa shape index (κ3) is 2.72. The lowest BCUT2D eigenvalue weighted by molar-refractivity contribution is -0.134. The molecule has 0 spiro atoms. The second-order valence-electron chi connectivity index (χ2n) is 4.45. The van der Waals surface area contributed by atoms with E-state index in [4.69, 9.17) is 5.26 Å². The monoisotopic (exact) mass is 223 g/mol. The van der Waals surface area contributed by atoms with Gasteiger partial charge in [-0.25, -0.2) is 0 Å². The predicted octanol–water partition coefficient (Wildman–Crippen LogP) is 0.179. The molecule has 5 heteroatoms. The second kappa shape index (κ2) is 4.97. The van der Waals surface area contributed by atoms with Crippen LogP contribution in [0.15, 0.2) is 0 Å². The van der Waals surface area contributed by atoms with Crippen LogP contribution in [-0.4, -0.2) is 24.9 Å². The molecule has 1 aliphatic rings. The van der Waals surface area contributed by atoms with Crippen molar-refractivity contribution in [3.8, 4) is 6.07 Å². The van der Waals surface area contributed by atoms with Gasteiger partial charge >= 0.3 is 0 Å². The Morgan fingerprint density at radius 1 is 1.38 bits per heavy atom. The van der Waals surface area contributed by atoms with Crippen LogP contribution in [0.2, 0.25) is 0 Å². The lowest BCUT2D eigenvalue weighted by atomic mass is 9.63. The highest BCUT2D eigenvalue weighted by molar-refractivity contribution is 5.86. The van der Waals surface area contributed by atoms with Crippen molar-refractivity contribution in [3.63, 3.8) is 0 Å². The van der Waals surface area contributed by atoms with Gasteiger partial charge in [-0.05, 0) is 18.8 Å². The van der Waals surface area contributed by atoms with E-state index in [1.165, 1.54) is 6.92 Å². The molecule has 0 aromatic heterocycles. The molecule has 1 aliphatic carbocycles. The molecular formula is C11H17N3O2. The summed E-state index contributed by atoms with van der Waals surface area (Å²) in [5, 5.41) is 14.2. The number of hydrogen-bond acceptors (Lipinski definition) is 3. The fraction of sp³-hybridized carbons (Fsp3) is 0.727. The van der Waals surface area contributed by atoms with Crippen LogP contribution in [0.25, 0.3) is 0 Å². The van der Waals surface area contributed by atoms with E-state index >= 15 is 0 Å². The molecule has 1 rings (SSSR count). The largest absolute Gasteiger partial charge is 0.355 e. The summed E-state index contributed by atoms with van der Waals surface area (Å²) >= 11 is 0. The molecule has 88 valence electrons. The first-order valence-corrected chi connectivity index (χ1v) is 5.44. The number of hydrogen-bond donors (Lipinski definition) is 2. The van der Waals surface area contributed by atoms with Crippen molar-refractivity contribution in [2.45, 2.75) is 26.7 Å². The molecule has 0 aromatic carbocycles. The topological polar surface area (TPSA) is 82.0 Å². The fourth-order valence-electron chi connectivity index (χ4n) is 2.04. The molecule has 0 aliphatic heterocycles. The predicted molar refractivity (Wildman–Crippen MR) is 58.1 cm³/mol. The van der Waals surface area contributed by atoms with Crippen molar-refractivity contribution in [1.82, 2.24) is 10.6 Å². The summed E-state index contributed by atoms with van der Waals surface area (Å²) in [5.41, 5.74) is -0.824. The van der Waals surface area contributed by atoms with Gasteiger partial charge in [-0.2, -0.15) is 5.26 Å². The van der Waals surface area contributed by atoms with Crippen LogP contribution in [0.5, 0.6) is 0 Å². The van der Waals surface area contributed by atoms with Gasteiger partial charge in [0.05, 0.1) is 6.07 Å². The van der Waals surface area contributed by atoms with Gasteiger partial charge in [-0.1, -0.05) is 6.92 Å². The van der Waals surface area contributed by atoms with Gasteiger partial charge in [0.15, 0.2) is 0 Å². The Morgan fingerprint density at radius 3 is 2.38 bits per heavy atom. The highest BCUT2D eigenvalue weighted by atomic mass is 16.2. The smallest absolute Gasteiger partial charge is 0.240 e. The van der Waals surface area contributed by atoms with Crippen molar-refractivity contribution in [2.75, 3.05) is 13.1 Å². The SMILES string of the molecule is CC(=O)NCCNC(=O)C1(C#N)CC(C)C1. The van der Waals surface area contributed by atoms with Crippen LogP contribution < -0.4 is 10.6 Å². The quantitative estimate of drug-likeness (QED) is 0.667. The summed E-state index contributed by atoms with van der Waals surface area (Å²) in [6, 6.07) is 2.10. The fourth-order valence-corrected chi connectivity index (χ4v) is 2.04. The summed E-state index contributed by atoms with van der Waals surface area (Å²) in [6.07, 6.45) is 1.27. The minimum atomic E-state index is -0.824. The molecule has 0 unspecified atom stereocenters. The first kappa shape index (κ1) is 12.5. The van der Waals surface area contributed by atoms with Gasteiger partial charge in [-0.3, -0.25) is 9.59 Å². The van der Waals surface area contributed by atoms with Crippen LogP contribution in [0, 0.1) is 22.7 Å². The van der Waals surface area contributed by atoms with E-state index in [0.717, 1.165) is 0 Å².